The average molecular weight is 383 g/mol. The van der Waals surface area contributed by atoms with Crippen LogP contribution in [-0.2, 0) is 10.2 Å². The van der Waals surface area contributed by atoms with E-state index in [1.807, 2.05) is 72.8 Å². The van der Waals surface area contributed by atoms with Crippen molar-refractivity contribution in [3.05, 3.63) is 102 Å². The number of carbonyl (C=O) groups is 2. The summed E-state index contributed by atoms with van der Waals surface area (Å²) in [4.78, 5) is 25.1. The van der Waals surface area contributed by atoms with E-state index in [1.54, 1.807) is 6.92 Å². The van der Waals surface area contributed by atoms with Gasteiger partial charge in [0.15, 0.2) is 5.78 Å². The van der Waals surface area contributed by atoms with Gasteiger partial charge < -0.3 is 5.32 Å². The predicted octanol–water partition coefficient (Wildman–Crippen LogP) is 5.73. The molecule has 0 heterocycles. The Bertz CT molecular complexity index is 996. The molecule has 1 aliphatic carbocycles. The molecule has 2 atom stereocenters. The summed E-state index contributed by atoms with van der Waals surface area (Å²) < 4.78 is 0. The number of amides is 1. The zero-order valence-electron chi connectivity index (χ0n) is 16.6. The molecule has 1 N–H and O–H groups in total. The molecule has 0 unspecified atom stereocenters. The van der Waals surface area contributed by atoms with Crippen LogP contribution >= 0.6 is 0 Å². The van der Waals surface area contributed by atoms with Crippen LogP contribution in [0.4, 0.5) is 5.69 Å². The number of anilines is 1. The van der Waals surface area contributed by atoms with Crippen molar-refractivity contribution in [1.29, 1.82) is 0 Å². The quantitative estimate of drug-likeness (QED) is 0.572. The lowest BCUT2D eigenvalue weighted by Crippen LogP contribution is -2.38. The highest BCUT2D eigenvalue weighted by Crippen LogP contribution is 2.49. The number of Topliss-reactive ketones (excluding diaryl/α,β-unsaturated/α-hetero) is 1. The summed E-state index contributed by atoms with van der Waals surface area (Å²) in [6, 6.07) is 27.6. The lowest BCUT2D eigenvalue weighted by atomic mass is 9.76. The summed E-state index contributed by atoms with van der Waals surface area (Å²) in [6.45, 7) is 1.58. The van der Waals surface area contributed by atoms with Crippen molar-refractivity contribution in [2.24, 2.45) is 0 Å². The predicted molar refractivity (Wildman–Crippen MR) is 116 cm³/mol. The fourth-order valence-corrected chi connectivity index (χ4v) is 4.45. The topological polar surface area (TPSA) is 46.2 Å². The third-order valence-electron chi connectivity index (χ3n) is 6.10. The van der Waals surface area contributed by atoms with E-state index in [2.05, 4.69) is 17.4 Å². The van der Waals surface area contributed by atoms with E-state index in [0.29, 0.717) is 0 Å². The number of nitrogens with one attached hydrogen (secondary N) is 1. The van der Waals surface area contributed by atoms with Gasteiger partial charge in [0.2, 0.25) is 5.91 Å². The molecule has 0 saturated heterocycles. The summed E-state index contributed by atoms with van der Waals surface area (Å²) >= 11 is 0. The molecular formula is C26H25NO2. The van der Waals surface area contributed by atoms with Gasteiger partial charge in [-0.25, -0.2) is 0 Å². The number of hydrogen-bond acceptors (Lipinski definition) is 2. The van der Waals surface area contributed by atoms with E-state index < -0.39 is 5.41 Å². The van der Waals surface area contributed by atoms with E-state index in [-0.39, 0.29) is 17.6 Å². The lowest BCUT2D eigenvalue weighted by molar-refractivity contribution is -0.121. The maximum absolute atomic E-state index is 13.5. The molecule has 1 saturated carbocycles. The van der Waals surface area contributed by atoms with Crippen molar-refractivity contribution in [2.75, 3.05) is 5.32 Å². The minimum atomic E-state index is -0.555. The summed E-state index contributed by atoms with van der Waals surface area (Å²) in [5.74, 6) is 0.416. The minimum Gasteiger partial charge on any atom is -0.325 e. The fourth-order valence-electron chi connectivity index (χ4n) is 4.45. The van der Waals surface area contributed by atoms with E-state index in [0.717, 1.165) is 36.1 Å². The van der Waals surface area contributed by atoms with Crippen molar-refractivity contribution in [3.63, 3.8) is 0 Å². The van der Waals surface area contributed by atoms with Crippen molar-refractivity contribution < 1.29 is 9.59 Å². The Morgan fingerprint density at radius 2 is 1.48 bits per heavy atom. The van der Waals surface area contributed by atoms with E-state index >= 15 is 0 Å². The van der Waals surface area contributed by atoms with Crippen LogP contribution in [0.5, 0.6) is 0 Å². The highest BCUT2D eigenvalue weighted by Gasteiger charge is 2.46. The molecule has 0 spiro atoms. The van der Waals surface area contributed by atoms with Gasteiger partial charge >= 0.3 is 0 Å². The van der Waals surface area contributed by atoms with Gasteiger partial charge in [0.1, 0.15) is 0 Å². The Labute approximate surface area is 171 Å². The Morgan fingerprint density at radius 1 is 0.862 bits per heavy atom. The van der Waals surface area contributed by atoms with E-state index in [4.69, 9.17) is 0 Å². The lowest BCUT2D eigenvalue weighted by Gasteiger charge is -2.29. The number of carbonyl (C=O) groups excluding carboxylic acids is 2. The molecular weight excluding hydrogens is 358 g/mol. The Morgan fingerprint density at radius 3 is 2.10 bits per heavy atom. The molecule has 3 aromatic carbocycles. The number of para-hydroxylation sites is 1. The van der Waals surface area contributed by atoms with Crippen molar-refractivity contribution in [3.8, 4) is 0 Å². The van der Waals surface area contributed by atoms with E-state index in [1.165, 1.54) is 5.56 Å². The molecule has 3 heteroatoms. The fraction of sp³-hybridized carbons (Fsp3) is 0.231. The number of benzene rings is 3. The van der Waals surface area contributed by atoms with Gasteiger partial charge in [0.25, 0.3) is 0 Å². The molecule has 0 aliphatic heterocycles. The van der Waals surface area contributed by atoms with Crippen molar-refractivity contribution in [2.45, 2.75) is 37.5 Å². The molecule has 0 aromatic heterocycles. The van der Waals surface area contributed by atoms with Crippen LogP contribution in [0.2, 0.25) is 0 Å². The monoisotopic (exact) mass is 383 g/mol. The van der Waals surface area contributed by atoms with Gasteiger partial charge in [-0.05, 0) is 55.4 Å². The molecule has 3 aromatic rings. The van der Waals surface area contributed by atoms with Gasteiger partial charge in [-0.3, -0.25) is 9.59 Å². The maximum atomic E-state index is 13.5. The second-order valence-electron chi connectivity index (χ2n) is 7.89. The Kier molecular flexibility index (Phi) is 5.30. The zero-order valence-corrected chi connectivity index (χ0v) is 16.6. The Balaban J connectivity index is 1.64. The molecule has 0 bridgehead atoms. The first-order valence-corrected chi connectivity index (χ1v) is 10.1. The molecule has 0 radical (unpaired) electrons. The first-order chi connectivity index (χ1) is 14.1. The summed E-state index contributed by atoms with van der Waals surface area (Å²) in [7, 11) is 0. The minimum absolute atomic E-state index is 0.0535. The SMILES string of the molecule is CC(=O)c1ccc([C@@H]2CC[C@@](C(=O)Nc3ccccc3)(c3ccccc3)C2)cc1. The highest BCUT2D eigenvalue weighted by molar-refractivity contribution is 5.99. The van der Waals surface area contributed by atoms with Crippen LogP contribution < -0.4 is 5.32 Å². The first kappa shape index (κ1) is 19.1. The average Bonchev–Trinajstić information content (AvgIpc) is 3.22. The molecule has 4 rings (SSSR count). The van der Waals surface area contributed by atoms with Crippen LogP contribution in [0.25, 0.3) is 0 Å². The van der Waals surface area contributed by atoms with Gasteiger partial charge in [-0.15, -0.1) is 0 Å². The number of hydrogen-bond donors (Lipinski definition) is 1. The van der Waals surface area contributed by atoms with E-state index in [9.17, 15) is 9.59 Å². The second kappa shape index (κ2) is 8.04. The summed E-state index contributed by atoms with van der Waals surface area (Å²) in [5.41, 5.74) is 3.25. The third-order valence-corrected chi connectivity index (χ3v) is 6.10. The normalized spacial score (nSPS) is 20.9. The first-order valence-electron chi connectivity index (χ1n) is 10.1. The Hall–Kier alpha value is -3.20. The summed E-state index contributed by atoms with van der Waals surface area (Å²) in [6.07, 6.45) is 2.50. The second-order valence-corrected chi connectivity index (χ2v) is 7.89. The van der Waals surface area contributed by atoms with Crippen LogP contribution in [-0.4, -0.2) is 11.7 Å². The van der Waals surface area contributed by atoms with Crippen molar-refractivity contribution >= 4 is 17.4 Å². The summed E-state index contributed by atoms with van der Waals surface area (Å²) in [5, 5.41) is 3.14. The third kappa shape index (κ3) is 3.86. The van der Waals surface area contributed by atoms with Crippen LogP contribution in [0.1, 0.15) is 53.6 Å². The molecule has 1 amide bonds. The van der Waals surface area contributed by atoms with Gasteiger partial charge in [0.05, 0.1) is 5.41 Å². The zero-order chi connectivity index (χ0) is 20.3. The van der Waals surface area contributed by atoms with Crippen LogP contribution in [0, 0.1) is 0 Å². The molecule has 1 fully saturated rings. The van der Waals surface area contributed by atoms with Crippen LogP contribution in [0.3, 0.4) is 0 Å². The maximum Gasteiger partial charge on any atom is 0.235 e. The largest absolute Gasteiger partial charge is 0.325 e. The number of rotatable bonds is 5. The number of ketones is 1. The van der Waals surface area contributed by atoms with Gasteiger partial charge in [0, 0.05) is 11.3 Å². The highest BCUT2D eigenvalue weighted by atomic mass is 16.2. The van der Waals surface area contributed by atoms with Gasteiger partial charge in [-0.2, -0.15) is 0 Å². The molecule has 3 nitrogen and oxygen atoms in total. The molecule has 1 aliphatic rings. The smallest absolute Gasteiger partial charge is 0.235 e. The standard InChI is InChI=1S/C26H25NO2/c1-19(28)20-12-14-21(15-13-20)22-16-17-26(18-22,23-8-4-2-5-9-23)25(29)27-24-10-6-3-7-11-24/h2-15,22H,16-18H2,1H3,(H,27,29)/t22-,26+/m1/s1. The van der Waals surface area contributed by atoms with Crippen molar-refractivity contribution in [1.82, 2.24) is 0 Å². The molecule has 29 heavy (non-hydrogen) atoms. The van der Waals surface area contributed by atoms with Crippen LogP contribution in [0.15, 0.2) is 84.9 Å². The molecule has 146 valence electrons. The van der Waals surface area contributed by atoms with Gasteiger partial charge in [-0.1, -0.05) is 72.8 Å².